The van der Waals surface area contributed by atoms with E-state index in [1.165, 1.54) is 17.0 Å². The van der Waals surface area contributed by atoms with Gasteiger partial charge in [0.2, 0.25) is 15.9 Å². The van der Waals surface area contributed by atoms with Crippen LogP contribution in [0.5, 0.6) is 5.75 Å². The van der Waals surface area contributed by atoms with Crippen LogP contribution in [0.1, 0.15) is 50.7 Å². The van der Waals surface area contributed by atoms with Crippen LogP contribution in [0.4, 0.5) is 5.69 Å². The number of sulfonamides is 1. The van der Waals surface area contributed by atoms with Crippen molar-refractivity contribution in [2.45, 2.75) is 56.9 Å². The molecule has 0 aromatic heterocycles. The number of fused-ring (bicyclic) bond motifs is 1. The Kier molecular flexibility index (Phi) is 6.32. The number of carbonyl (C=O) groups is 1. The summed E-state index contributed by atoms with van der Waals surface area (Å²) in [4.78, 5) is 15.5. The summed E-state index contributed by atoms with van der Waals surface area (Å²) in [7, 11) is -2.22. The van der Waals surface area contributed by atoms with Gasteiger partial charge in [-0.1, -0.05) is 38.1 Å². The average molecular weight is 457 g/mol. The van der Waals surface area contributed by atoms with Gasteiger partial charge in [-0.2, -0.15) is 4.31 Å². The summed E-state index contributed by atoms with van der Waals surface area (Å²) in [6, 6.07) is 13.5. The number of piperidine rings is 1. The van der Waals surface area contributed by atoms with E-state index in [9.17, 15) is 13.2 Å². The lowest BCUT2D eigenvalue weighted by atomic mass is 9.96. The minimum Gasteiger partial charge on any atom is -0.495 e. The molecule has 1 atom stereocenters. The van der Waals surface area contributed by atoms with Crippen molar-refractivity contribution >= 4 is 21.6 Å². The van der Waals surface area contributed by atoms with Crippen molar-refractivity contribution in [1.82, 2.24) is 4.31 Å². The lowest BCUT2D eigenvalue weighted by molar-refractivity contribution is -0.123. The fraction of sp³-hybridized carbons (Fsp3) is 0.480. The van der Waals surface area contributed by atoms with Crippen LogP contribution in [0.3, 0.4) is 0 Å². The number of ether oxygens (including phenoxy) is 1. The molecule has 0 saturated carbocycles. The lowest BCUT2D eigenvalue weighted by Gasteiger charge is -2.34. The summed E-state index contributed by atoms with van der Waals surface area (Å²) >= 11 is 0. The van der Waals surface area contributed by atoms with Gasteiger partial charge in [0.15, 0.2) is 0 Å². The van der Waals surface area contributed by atoms with Crippen LogP contribution in [0.2, 0.25) is 0 Å². The van der Waals surface area contributed by atoms with E-state index in [4.69, 9.17) is 4.74 Å². The first-order valence-electron chi connectivity index (χ1n) is 11.3. The first kappa shape index (κ1) is 22.8. The van der Waals surface area contributed by atoms with E-state index < -0.39 is 10.0 Å². The maximum absolute atomic E-state index is 13.4. The maximum atomic E-state index is 13.4. The fourth-order valence-corrected chi connectivity index (χ4v) is 6.49. The van der Waals surface area contributed by atoms with Gasteiger partial charge in [0.05, 0.1) is 7.11 Å². The third-order valence-corrected chi connectivity index (χ3v) is 8.64. The minimum atomic E-state index is -3.70. The van der Waals surface area contributed by atoms with Crippen molar-refractivity contribution in [3.63, 3.8) is 0 Å². The lowest BCUT2D eigenvalue weighted by Crippen LogP contribution is -2.46. The van der Waals surface area contributed by atoms with E-state index in [0.717, 1.165) is 17.7 Å². The number of rotatable bonds is 5. The number of hydrogen-bond acceptors (Lipinski definition) is 4. The van der Waals surface area contributed by atoms with Crippen LogP contribution < -0.4 is 9.64 Å². The molecule has 6 nitrogen and oxygen atoms in total. The first-order chi connectivity index (χ1) is 15.2. The van der Waals surface area contributed by atoms with Crippen molar-refractivity contribution in [3.8, 4) is 5.75 Å². The number of para-hydroxylation sites is 1. The van der Waals surface area contributed by atoms with Crippen LogP contribution >= 0.6 is 0 Å². The van der Waals surface area contributed by atoms with Gasteiger partial charge in [0.1, 0.15) is 10.6 Å². The fourth-order valence-electron chi connectivity index (χ4n) is 4.83. The van der Waals surface area contributed by atoms with Gasteiger partial charge in [-0.25, -0.2) is 8.42 Å². The molecule has 7 heteroatoms. The van der Waals surface area contributed by atoms with Crippen molar-refractivity contribution in [3.05, 3.63) is 53.6 Å². The Morgan fingerprint density at radius 2 is 1.78 bits per heavy atom. The van der Waals surface area contributed by atoms with E-state index >= 15 is 0 Å². The van der Waals surface area contributed by atoms with Crippen molar-refractivity contribution < 1.29 is 17.9 Å². The van der Waals surface area contributed by atoms with E-state index in [2.05, 4.69) is 13.0 Å². The summed E-state index contributed by atoms with van der Waals surface area (Å²) < 4.78 is 33.7. The summed E-state index contributed by atoms with van der Waals surface area (Å²) in [5.74, 6) is 0.511. The number of methoxy groups -OCH3 is 1. The van der Waals surface area contributed by atoms with Gasteiger partial charge in [-0.3, -0.25) is 4.79 Å². The Bertz CT molecular complexity index is 1100. The van der Waals surface area contributed by atoms with Crippen LogP contribution in [-0.2, 0) is 21.2 Å². The van der Waals surface area contributed by atoms with Gasteiger partial charge in [-0.05, 0) is 61.4 Å². The SMILES string of the molecule is COc1ccc(C(C)C)cc1S(=O)(=O)N1CCC(C(=O)N2c3ccccc3C[C@H]2C)CC1. The summed E-state index contributed by atoms with van der Waals surface area (Å²) in [6.45, 7) is 6.81. The molecule has 1 amide bonds. The Morgan fingerprint density at radius 3 is 2.44 bits per heavy atom. The van der Waals surface area contributed by atoms with Crippen molar-refractivity contribution in [2.75, 3.05) is 25.1 Å². The zero-order valence-electron chi connectivity index (χ0n) is 19.2. The van der Waals surface area contributed by atoms with Gasteiger partial charge in [-0.15, -0.1) is 0 Å². The molecule has 2 heterocycles. The maximum Gasteiger partial charge on any atom is 0.246 e. The van der Waals surface area contributed by atoms with Gasteiger partial charge in [0.25, 0.3) is 0 Å². The Balaban J connectivity index is 1.50. The molecule has 32 heavy (non-hydrogen) atoms. The molecule has 0 spiro atoms. The number of hydrogen-bond donors (Lipinski definition) is 0. The number of nitrogens with zero attached hydrogens (tertiary/aromatic N) is 2. The third kappa shape index (κ3) is 4.04. The van der Waals surface area contributed by atoms with Gasteiger partial charge < -0.3 is 9.64 Å². The molecule has 0 aliphatic carbocycles. The van der Waals surface area contributed by atoms with Crippen LogP contribution in [0.15, 0.2) is 47.4 Å². The van der Waals surface area contributed by atoms with E-state index in [-0.39, 0.29) is 28.7 Å². The minimum absolute atomic E-state index is 0.110. The van der Waals surface area contributed by atoms with E-state index in [1.807, 2.05) is 43.0 Å². The quantitative estimate of drug-likeness (QED) is 0.676. The molecule has 2 aliphatic heterocycles. The second kappa shape index (κ2) is 8.87. The average Bonchev–Trinajstić information content (AvgIpc) is 3.13. The molecule has 2 aromatic rings. The molecule has 2 aromatic carbocycles. The highest BCUT2D eigenvalue weighted by atomic mass is 32.2. The predicted molar refractivity (Wildman–Crippen MR) is 126 cm³/mol. The van der Waals surface area contributed by atoms with E-state index in [1.54, 1.807) is 12.1 Å². The summed E-state index contributed by atoms with van der Waals surface area (Å²) in [6.07, 6.45) is 1.91. The Labute approximate surface area is 191 Å². The monoisotopic (exact) mass is 456 g/mol. The molecular formula is C25H32N2O4S. The van der Waals surface area contributed by atoms with Crippen LogP contribution in [-0.4, -0.2) is 44.9 Å². The highest BCUT2D eigenvalue weighted by Gasteiger charge is 2.38. The summed E-state index contributed by atoms with van der Waals surface area (Å²) in [5.41, 5.74) is 3.15. The van der Waals surface area contributed by atoms with E-state index in [0.29, 0.717) is 31.7 Å². The smallest absolute Gasteiger partial charge is 0.246 e. The Hall–Kier alpha value is -2.38. The highest BCUT2D eigenvalue weighted by Crippen LogP contribution is 2.36. The molecule has 172 valence electrons. The molecule has 0 unspecified atom stereocenters. The number of carbonyl (C=O) groups excluding carboxylic acids is 1. The zero-order valence-corrected chi connectivity index (χ0v) is 20.1. The van der Waals surface area contributed by atoms with Gasteiger partial charge >= 0.3 is 0 Å². The molecule has 1 saturated heterocycles. The summed E-state index contributed by atoms with van der Waals surface area (Å²) in [5, 5.41) is 0. The highest BCUT2D eigenvalue weighted by molar-refractivity contribution is 7.89. The molecule has 0 N–H and O–H groups in total. The molecule has 1 fully saturated rings. The second-order valence-electron chi connectivity index (χ2n) is 9.13. The van der Waals surface area contributed by atoms with Gasteiger partial charge in [0, 0.05) is 30.7 Å². The van der Waals surface area contributed by atoms with Crippen LogP contribution in [0.25, 0.3) is 0 Å². The van der Waals surface area contributed by atoms with Crippen molar-refractivity contribution in [2.24, 2.45) is 5.92 Å². The predicted octanol–water partition coefficient (Wildman–Crippen LogP) is 4.20. The standard InChI is InChI=1S/C25H32N2O4S/c1-17(2)20-9-10-23(31-4)24(16-20)32(29,30)26-13-11-19(12-14-26)25(28)27-18(3)15-21-7-5-6-8-22(21)27/h5-10,16-19H,11-15H2,1-4H3/t18-/m1/s1. The van der Waals surface area contributed by atoms with Crippen molar-refractivity contribution in [1.29, 1.82) is 0 Å². The third-order valence-electron chi connectivity index (χ3n) is 6.72. The number of anilines is 1. The largest absolute Gasteiger partial charge is 0.495 e. The Morgan fingerprint density at radius 1 is 1.09 bits per heavy atom. The topological polar surface area (TPSA) is 66.9 Å². The van der Waals surface area contributed by atoms with Crippen LogP contribution in [0, 0.1) is 5.92 Å². The number of benzene rings is 2. The molecule has 2 aliphatic rings. The molecular weight excluding hydrogens is 424 g/mol. The zero-order chi connectivity index (χ0) is 23.0. The normalized spacial score (nSPS) is 19.9. The first-order valence-corrected chi connectivity index (χ1v) is 12.8. The molecule has 4 rings (SSSR count). The second-order valence-corrected chi connectivity index (χ2v) is 11.0. The molecule has 0 radical (unpaired) electrons. The molecule has 0 bridgehead atoms. The number of amides is 1.